The Balaban J connectivity index is 1.97. The van der Waals surface area contributed by atoms with Crippen molar-refractivity contribution in [1.29, 1.82) is 0 Å². The Morgan fingerprint density at radius 3 is 2.29 bits per heavy atom. The zero-order valence-corrected chi connectivity index (χ0v) is 14.3. The SMILES string of the molecule is CN(C)S(=O)(=O)c1ccc(C(=O)NCCc2ccccc2F)cc1. The molecule has 0 aliphatic rings. The number of hydrogen-bond donors (Lipinski definition) is 1. The minimum Gasteiger partial charge on any atom is -0.352 e. The summed E-state index contributed by atoms with van der Waals surface area (Å²) in [5.74, 6) is -0.634. The Hall–Kier alpha value is -2.25. The van der Waals surface area contributed by atoms with E-state index >= 15 is 0 Å². The minimum absolute atomic E-state index is 0.121. The number of hydrogen-bond acceptors (Lipinski definition) is 3. The Kier molecular flexibility index (Phi) is 5.69. The van der Waals surface area contributed by atoms with E-state index in [4.69, 9.17) is 0 Å². The number of benzene rings is 2. The smallest absolute Gasteiger partial charge is 0.251 e. The van der Waals surface area contributed by atoms with Gasteiger partial charge in [-0.05, 0) is 42.3 Å². The maximum absolute atomic E-state index is 13.5. The van der Waals surface area contributed by atoms with Gasteiger partial charge in [0.05, 0.1) is 4.90 Å². The van der Waals surface area contributed by atoms with E-state index in [1.165, 1.54) is 44.4 Å². The molecule has 1 amide bonds. The van der Waals surface area contributed by atoms with Gasteiger partial charge in [-0.1, -0.05) is 18.2 Å². The van der Waals surface area contributed by atoms with E-state index in [-0.39, 0.29) is 23.2 Å². The van der Waals surface area contributed by atoms with E-state index < -0.39 is 10.0 Å². The molecule has 0 fully saturated rings. The molecular weight excluding hydrogens is 331 g/mol. The number of halogens is 1. The Labute approximate surface area is 141 Å². The Morgan fingerprint density at radius 2 is 1.71 bits per heavy atom. The van der Waals surface area contributed by atoms with Gasteiger partial charge < -0.3 is 5.32 Å². The highest BCUT2D eigenvalue weighted by atomic mass is 32.2. The average Bonchev–Trinajstić information content (AvgIpc) is 2.56. The molecule has 0 heterocycles. The number of nitrogens with zero attached hydrogens (tertiary/aromatic N) is 1. The number of rotatable bonds is 6. The van der Waals surface area contributed by atoms with Gasteiger partial charge in [-0.25, -0.2) is 17.1 Å². The van der Waals surface area contributed by atoms with Crippen molar-refractivity contribution in [2.24, 2.45) is 0 Å². The molecule has 0 saturated carbocycles. The summed E-state index contributed by atoms with van der Waals surface area (Å²) >= 11 is 0. The Morgan fingerprint density at radius 1 is 1.08 bits per heavy atom. The van der Waals surface area contributed by atoms with Crippen molar-refractivity contribution in [3.05, 3.63) is 65.5 Å². The molecule has 0 aromatic heterocycles. The molecule has 0 saturated heterocycles. The number of amides is 1. The van der Waals surface area contributed by atoms with Crippen LogP contribution in [0.4, 0.5) is 4.39 Å². The van der Waals surface area contributed by atoms with Gasteiger partial charge >= 0.3 is 0 Å². The third-order valence-corrected chi connectivity index (χ3v) is 5.36. The summed E-state index contributed by atoms with van der Waals surface area (Å²) in [6, 6.07) is 12.1. The average molecular weight is 350 g/mol. The van der Waals surface area contributed by atoms with Crippen LogP contribution in [0.1, 0.15) is 15.9 Å². The molecule has 24 heavy (non-hydrogen) atoms. The topological polar surface area (TPSA) is 66.5 Å². The molecular formula is C17H19FN2O3S. The van der Waals surface area contributed by atoms with Crippen molar-refractivity contribution in [3.8, 4) is 0 Å². The van der Waals surface area contributed by atoms with Gasteiger partial charge in [0.25, 0.3) is 5.91 Å². The summed E-state index contributed by atoms with van der Waals surface area (Å²) in [4.78, 5) is 12.2. The van der Waals surface area contributed by atoms with Crippen molar-refractivity contribution in [2.75, 3.05) is 20.6 Å². The van der Waals surface area contributed by atoms with Crippen LogP contribution in [0, 0.1) is 5.82 Å². The molecule has 2 aromatic carbocycles. The molecule has 0 radical (unpaired) electrons. The largest absolute Gasteiger partial charge is 0.352 e. The van der Waals surface area contributed by atoms with Crippen LogP contribution in [0.15, 0.2) is 53.4 Å². The number of carbonyl (C=O) groups excluding carboxylic acids is 1. The van der Waals surface area contributed by atoms with Crippen molar-refractivity contribution >= 4 is 15.9 Å². The predicted octanol–water partition coefficient (Wildman–Crippen LogP) is 2.05. The molecule has 128 valence electrons. The lowest BCUT2D eigenvalue weighted by Crippen LogP contribution is -2.26. The summed E-state index contributed by atoms with van der Waals surface area (Å²) < 4.78 is 38.5. The zero-order valence-electron chi connectivity index (χ0n) is 13.5. The van der Waals surface area contributed by atoms with Crippen LogP contribution in [0.5, 0.6) is 0 Å². The lowest BCUT2D eigenvalue weighted by Gasteiger charge is -2.11. The molecule has 0 unspecified atom stereocenters. The zero-order chi connectivity index (χ0) is 17.7. The Bertz CT molecular complexity index is 818. The molecule has 0 atom stereocenters. The second-order valence-electron chi connectivity index (χ2n) is 5.41. The number of sulfonamides is 1. The van der Waals surface area contributed by atoms with Crippen molar-refractivity contribution < 1.29 is 17.6 Å². The van der Waals surface area contributed by atoms with Crippen LogP contribution in [-0.2, 0) is 16.4 Å². The number of carbonyl (C=O) groups is 1. The highest BCUT2D eigenvalue weighted by Gasteiger charge is 2.17. The maximum Gasteiger partial charge on any atom is 0.251 e. The minimum atomic E-state index is -3.52. The first-order valence-corrected chi connectivity index (χ1v) is 8.80. The van der Waals surface area contributed by atoms with E-state index in [0.29, 0.717) is 17.5 Å². The third kappa shape index (κ3) is 4.18. The highest BCUT2D eigenvalue weighted by Crippen LogP contribution is 2.14. The third-order valence-electron chi connectivity index (χ3n) is 3.53. The summed E-state index contributed by atoms with van der Waals surface area (Å²) in [5.41, 5.74) is 0.881. The van der Waals surface area contributed by atoms with Gasteiger partial charge in [0, 0.05) is 26.2 Å². The van der Waals surface area contributed by atoms with Gasteiger partial charge in [0.15, 0.2) is 0 Å². The normalized spacial score (nSPS) is 11.5. The molecule has 2 rings (SSSR count). The first-order valence-electron chi connectivity index (χ1n) is 7.36. The first kappa shape index (κ1) is 18.1. The molecule has 0 spiro atoms. The number of nitrogens with one attached hydrogen (secondary N) is 1. The standard InChI is InChI=1S/C17H19FN2O3S/c1-20(2)24(22,23)15-9-7-14(8-10-15)17(21)19-12-11-13-5-3-4-6-16(13)18/h3-10H,11-12H2,1-2H3,(H,19,21). The van der Waals surface area contributed by atoms with E-state index in [1.54, 1.807) is 18.2 Å². The summed E-state index contributed by atoms with van der Waals surface area (Å²) in [6.45, 7) is 0.289. The van der Waals surface area contributed by atoms with Gasteiger partial charge in [-0.3, -0.25) is 4.79 Å². The van der Waals surface area contributed by atoms with Gasteiger partial charge in [0.2, 0.25) is 10.0 Å². The van der Waals surface area contributed by atoms with Gasteiger partial charge in [-0.15, -0.1) is 0 Å². The molecule has 0 aliphatic heterocycles. The lowest BCUT2D eigenvalue weighted by molar-refractivity contribution is 0.0954. The van der Waals surface area contributed by atoms with Gasteiger partial charge in [-0.2, -0.15) is 0 Å². The summed E-state index contributed by atoms with van der Waals surface area (Å²) in [5, 5.41) is 2.69. The highest BCUT2D eigenvalue weighted by molar-refractivity contribution is 7.89. The van der Waals surface area contributed by atoms with Crippen LogP contribution in [-0.4, -0.2) is 39.3 Å². The van der Waals surface area contributed by atoms with Crippen LogP contribution in [0.2, 0.25) is 0 Å². The molecule has 0 bridgehead atoms. The van der Waals surface area contributed by atoms with Crippen molar-refractivity contribution in [3.63, 3.8) is 0 Å². The van der Waals surface area contributed by atoms with Crippen molar-refractivity contribution in [2.45, 2.75) is 11.3 Å². The second-order valence-corrected chi connectivity index (χ2v) is 7.56. The fourth-order valence-corrected chi connectivity index (χ4v) is 3.00. The van der Waals surface area contributed by atoms with E-state index in [0.717, 1.165) is 4.31 Å². The molecule has 2 aromatic rings. The second kappa shape index (κ2) is 7.55. The molecule has 0 aliphatic carbocycles. The van der Waals surface area contributed by atoms with E-state index in [1.807, 2.05) is 0 Å². The summed E-state index contributed by atoms with van der Waals surface area (Å²) in [6.07, 6.45) is 0.380. The maximum atomic E-state index is 13.5. The van der Waals surface area contributed by atoms with Crippen LogP contribution in [0.25, 0.3) is 0 Å². The van der Waals surface area contributed by atoms with Crippen molar-refractivity contribution in [1.82, 2.24) is 9.62 Å². The predicted molar refractivity (Wildman–Crippen MR) is 89.8 cm³/mol. The molecule has 1 N–H and O–H groups in total. The first-order chi connectivity index (χ1) is 11.3. The fourth-order valence-electron chi connectivity index (χ4n) is 2.10. The monoisotopic (exact) mass is 350 g/mol. The van der Waals surface area contributed by atoms with Gasteiger partial charge in [0.1, 0.15) is 5.82 Å². The van der Waals surface area contributed by atoms with Crippen LogP contribution >= 0.6 is 0 Å². The molecule has 5 nitrogen and oxygen atoms in total. The quantitative estimate of drug-likeness (QED) is 0.867. The van der Waals surface area contributed by atoms with E-state index in [2.05, 4.69) is 5.32 Å². The molecule has 7 heteroatoms. The van der Waals surface area contributed by atoms with Crippen LogP contribution < -0.4 is 5.32 Å². The van der Waals surface area contributed by atoms with E-state index in [9.17, 15) is 17.6 Å². The summed E-state index contributed by atoms with van der Waals surface area (Å²) in [7, 11) is -0.631. The fraction of sp³-hybridized carbons (Fsp3) is 0.235. The van der Waals surface area contributed by atoms with Crippen LogP contribution in [0.3, 0.4) is 0 Å². The lowest BCUT2D eigenvalue weighted by atomic mass is 10.1.